The van der Waals surface area contributed by atoms with Crippen molar-refractivity contribution in [1.29, 1.82) is 0 Å². The molecule has 0 N–H and O–H groups in total. The van der Waals surface area contributed by atoms with Gasteiger partial charge in [0.2, 0.25) is 0 Å². The van der Waals surface area contributed by atoms with Gasteiger partial charge in [-0.1, -0.05) is 25.1 Å². The molecule has 0 saturated carbocycles. The second kappa shape index (κ2) is 5.25. The minimum absolute atomic E-state index is 0.0858. The van der Waals surface area contributed by atoms with E-state index in [1.807, 2.05) is 6.92 Å². The van der Waals surface area contributed by atoms with E-state index in [-0.39, 0.29) is 5.56 Å². The van der Waals surface area contributed by atoms with Crippen LogP contribution in [-0.2, 0) is 15.5 Å². The van der Waals surface area contributed by atoms with Crippen LogP contribution in [-0.4, -0.2) is 13.1 Å². The molecule has 0 radical (unpaired) electrons. The first kappa shape index (κ1) is 13.6. The fourth-order valence-electron chi connectivity index (χ4n) is 1.71. The predicted molar refractivity (Wildman–Crippen MR) is 61.1 cm³/mol. The summed E-state index contributed by atoms with van der Waals surface area (Å²) in [5, 5.41) is 0. The zero-order valence-corrected chi connectivity index (χ0v) is 10.2. The van der Waals surface area contributed by atoms with Gasteiger partial charge in [0.1, 0.15) is 0 Å². The zero-order valence-electron chi connectivity index (χ0n) is 10.2. The molecule has 1 atom stereocenters. The number of esters is 1. The molecular weight excluding hydrogens is 226 g/mol. The Kier molecular flexibility index (Phi) is 4.21. The Labute approximate surface area is 99.6 Å². The van der Waals surface area contributed by atoms with Gasteiger partial charge in [-0.3, -0.25) is 4.79 Å². The lowest BCUT2D eigenvalue weighted by Crippen LogP contribution is -2.15. The smallest absolute Gasteiger partial charge is 0.313 e. The number of carbonyl (C=O) groups excluding carboxylic acids is 1. The topological polar surface area (TPSA) is 26.3 Å². The third-order valence-electron chi connectivity index (χ3n) is 2.69. The van der Waals surface area contributed by atoms with Crippen molar-refractivity contribution in [2.75, 3.05) is 7.11 Å². The molecule has 0 spiro atoms. The highest BCUT2D eigenvalue weighted by Crippen LogP contribution is 2.30. The van der Waals surface area contributed by atoms with Crippen molar-refractivity contribution in [2.24, 2.45) is 0 Å². The molecule has 0 fully saturated rings. The second-order valence-electron chi connectivity index (χ2n) is 4.00. The second-order valence-corrected chi connectivity index (χ2v) is 4.00. The summed E-state index contributed by atoms with van der Waals surface area (Å²) in [6.45, 7) is 2.66. The van der Waals surface area contributed by atoms with Crippen molar-refractivity contribution >= 4 is 5.97 Å². The van der Waals surface area contributed by atoms with Crippen LogP contribution in [0, 0.1) is 0 Å². The van der Waals surface area contributed by atoms with Crippen LogP contribution >= 0.6 is 0 Å². The van der Waals surface area contributed by atoms with Crippen molar-refractivity contribution in [1.82, 2.24) is 0 Å². The number of halogens is 2. The number of carbonyl (C=O) groups is 1. The molecule has 1 rings (SSSR count). The Morgan fingerprint density at radius 1 is 1.47 bits per heavy atom. The number of rotatable bonds is 4. The summed E-state index contributed by atoms with van der Waals surface area (Å²) in [4.78, 5) is 11.5. The Morgan fingerprint density at radius 3 is 2.59 bits per heavy atom. The van der Waals surface area contributed by atoms with Gasteiger partial charge in [0, 0.05) is 12.5 Å². The number of alkyl halides is 2. The molecule has 0 saturated heterocycles. The first-order valence-corrected chi connectivity index (χ1v) is 5.46. The Hall–Kier alpha value is -1.45. The van der Waals surface area contributed by atoms with Crippen LogP contribution in [0.4, 0.5) is 8.78 Å². The molecular formula is C13H16F2O2. The number of methoxy groups -OCH3 is 1. The molecule has 0 heterocycles. The zero-order chi connectivity index (χ0) is 13.1. The van der Waals surface area contributed by atoms with E-state index in [4.69, 9.17) is 0 Å². The third kappa shape index (κ3) is 3.25. The monoisotopic (exact) mass is 242 g/mol. The highest BCUT2D eigenvalue weighted by atomic mass is 19.3. The lowest BCUT2D eigenvalue weighted by atomic mass is 9.94. The Morgan fingerprint density at radius 2 is 2.12 bits per heavy atom. The van der Waals surface area contributed by atoms with E-state index in [0.29, 0.717) is 12.0 Å². The lowest BCUT2D eigenvalue weighted by Gasteiger charge is -2.16. The molecule has 4 heteroatoms. The third-order valence-corrected chi connectivity index (χ3v) is 2.69. The number of ether oxygens (including phenoxy) is 1. The molecule has 0 aromatic heterocycles. The van der Waals surface area contributed by atoms with E-state index in [1.54, 1.807) is 6.07 Å². The maximum absolute atomic E-state index is 13.2. The van der Waals surface area contributed by atoms with E-state index in [1.165, 1.54) is 25.3 Å². The summed E-state index contributed by atoms with van der Waals surface area (Å²) in [5.41, 5.74) is 0.482. The van der Waals surface area contributed by atoms with Crippen LogP contribution in [0.1, 0.15) is 37.3 Å². The first-order valence-electron chi connectivity index (χ1n) is 5.46. The van der Waals surface area contributed by atoms with Gasteiger partial charge in [0.15, 0.2) is 0 Å². The van der Waals surface area contributed by atoms with Crippen LogP contribution in [0.3, 0.4) is 0 Å². The molecule has 0 aliphatic rings. The predicted octanol–water partition coefficient (Wildman–Crippen LogP) is 3.46. The van der Waals surface area contributed by atoms with Crippen molar-refractivity contribution < 1.29 is 18.3 Å². The average Bonchev–Trinajstić information content (AvgIpc) is 2.29. The van der Waals surface area contributed by atoms with Crippen LogP contribution < -0.4 is 0 Å². The summed E-state index contributed by atoms with van der Waals surface area (Å²) in [7, 11) is 1.29. The maximum Gasteiger partial charge on any atom is 0.313 e. The van der Waals surface area contributed by atoms with Gasteiger partial charge in [0.25, 0.3) is 5.92 Å². The SMILES string of the molecule is CCC(C(=O)OC)c1cccc(C(C)(F)F)c1. The first-order chi connectivity index (χ1) is 7.90. The summed E-state index contributed by atoms with van der Waals surface area (Å²) in [6.07, 6.45) is 0.519. The van der Waals surface area contributed by atoms with Gasteiger partial charge in [-0.05, 0) is 18.1 Å². The minimum atomic E-state index is -2.90. The summed E-state index contributed by atoms with van der Waals surface area (Å²) >= 11 is 0. The van der Waals surface area contributed by atoms with Crippen molar-refractivity contribution in [3.8, 4) is 0 Å². The lowest BCUT2D eigenvalue weighted by molar-refractivity contribution is -0.142. The quantitative estimate of drug-likeness (QED) is 0.756. The van der Waals surface area contributed by atoms with Crippen molar-refractivity contribution in [3.05, 3.63) is 35.4 Å². The highest BCUT2D eigenvalue weighted by Gasteiger charge is 2.26. The van der Waals surface area contributed by atoms with Gasteiger partial charge in [-0.25, -0.2) is 8.78 Å². The van der Waals surface area contributed by atoms with Gasteiger partial charge < -0.3 is 4.74 Å². The van der Waals surface area contributed by atoms with Crippen LogP contribution in [0.2, 0.25) is 0 Å². The standard InChI is InChI=1S/C13H16F2O2/c1-4-11(12(16)17-3)9-6-5-7-10(8-9)13(2,14)15/h5-8,11H,4H2,1-3H3. The van der Waals surface area contributed by atoms with E-state index in [0.717, 1.165) is 6.92 Å². The maximum atomic E-state index is 13.2. The fraction of sp³-hybridized carbons (Fsp3) is 0.462. The van der Waals surface area contributed by atoms with Crippen LogP contribution in [0.15, 0.2) is 24.3 Å². The fourth-order valence-corrected chi connectivity index (χ4v) is 1.71. The highest BCUT2D eigenvalue weighted by molar-refractivity contribution is 5.78. The molecule has 0 amide bonds. The molecule has 1 unspecified atom stereocenters. The summed E-state index contributed by atoms with van der Waals surface area (Å²) in [6, 6.07) is 5.92. The number of benzene rings is 1. The normalized spacial score (nSPS) is 13.2. The van der Waals surface area contributed by atoms with E-state index in [2.05, 4.69) is 4.74 Å². The Bertz CT molecular complexity index is 397. The molecule has 0 aliphatic carbocycles. The van der Waals surface area contributed by atoms with Crippen molar-refractivity contribution in [2.45, 2.75) is 32.1 Å². The van der Waals surface area contributed by atoms with Gasteiger partial charge in [0.05, 0.1) is 13.0 Å². The molecule has 2 nitrogen and oxygen atoms in total. The largest absolute Gasteiger partial charge is 0.469 e. The van der Waals surface area contributed by atoms with Crippen molar-refractivity contribution in [3.63, 3.8) is 0 Å². The minimum Gasteiger partial charge on any atom is -0.469 e. The Balaban J connectivity index is 3.10. The van der Waals surface area contributed by atoms with E-state index >= 15 is 0 Å². The molecule has 94 valence electrons. The summed E-state index contributed by atoms with van der Waals surface area (Å²) < 4.78 is 31.0. The van der Waals surface area contributed by atoms with Gasteiger partial charge >= 0.3 is 5.97 Å². The van der Waals surface area contributed by atoms with Crippen LogP contribution in [0.5, 0.6) is 0 Å². The number of hydrogen-bond acceptors (Lipinski definition) is 2. The van der Waals surface area contributed by atoms with Crippen LogP contribution in [0.25, 0.3) is 0 Å². The molecule has 17 heavy (non-hydrogen) atoms. The van der Waals surface area contributed by atoms with E-state index in [9.17, 15) is 13.6 Å². The summed E-state index contributed by atoms with van der Waals surface area (Å²) in [5.74, 6) is -3.78. The number of hydrogen-bond donors (Lipinski definition) is 0. The molecule has 1 aromatic rings. The average molecular weight is 242 g/mol. The van der Waals surface area contributed by atoms with E-state index < -0.39 is 17.8 Å². The molecule has 0 aliphatic heterocycles. The molecule has 1 aromatic carbocycles. The van der Waals surface area contributed by atoms with Gasteiger partial charge in [-0.2, -0.15) is 0 Å². The molecule has 0 bridgehead atoms. The van der Waals surface area contributed by atoms with Gasteiger partial charge in [-0.15, -0.1) is 0 Å².